The molecule has 3 aromatic rings. The van der Waals surface area contributed by atoms with Crippen molar-refractivity contribution >= 4 is 23.0 Å². The minimum absolute atomic E-state index is 0.189. The van der Waals surface area contributed by atoms with Gasteiger partial charge in [-0.3, -0.25) is 4.79 Å². The third kappa shape index (κ3) is 3.79. The molecule has 0 bridgehead atoms. The number of benzene rings is 3. The Morgan fingerprint density at radius 3 is 2.44 bits per heavy atom. The average Bonchev–Trinajstić information content (AvgIpc) is 3.17. The predicted octanol–water partition coefficient (Wildman–Crippen LogP) is 4.42. The van der Waals surface area contributed by atoms with Gasteiger partial charge >= 0.3 is 0 Å². The highest BCUT2D eigenvalue weighted by molar-refractivity contribution is 6.04. The van der Waals surface area contributed by atoms with E-state index in [1.165, 1.54) is 0 Å². The summed E-state index contributed by atoms with van der Waals surface area (Å²) < 4.78 is 15.8. The molecule has 27 heavy (non-hydrogen) atoms. The SMILES string of the molecule is COc1cccc(C(=O)Nc2ccc(Nc3ccc4c(c3)OCO4)cc2)c1. The minimum atomic E-state index is -0.189. The van der Waals surface area contributed by atoms with Crippen molar-refractivity contribution in [2.45, 2.75) is 0 Å². The van der Waals surface area contributed by atoms with Crippen molar-refractivity contribution in [2.24, 2.45) is 0 Å². The second-order valence-corrected chi connectivity index (χ2v) is 5.96. The van der Waals surface area contributed by atoms with E-state index in [4.69, 9.17) is 14.2 Å². The van der Waals surface area contributed by atoms with Crippen molar-refractivity contribution in [1.82, 2.24) is 0 Å². The first-order valence-corrected chi connectivity index (χ1v) is 8.43. The fourth-order valence-electron chi connectivity index (χ4n) is 2.75. The lowest BCUT2D eigenvalue weighted by Crippen LogP contribution is -2.11. The Balaban J connectivity index is 1.42. The first kappa shape index (κ1) is 16.8. The Morgan fingerprint density at radius 2 is 1.63 bits per heavy atom. The van der Waals surface area contributed by atoms with E-state index < -0.39 is 0 Å². The number of carbonyl (C=O) groups is 1. The highest BCUT2D eigenvalue weighted by atomic mass is 16.7. The molecule has 0 saturated heterocycles. The lowest BCUT2D eigenvalue weighted by atomic mass is 10.2. The molecular weight excluding hydrogens is 344 g/mol. The topological polar surface area (TPSA) is 68.8 Å². The molecule has 0 unspecified atom stereocenters. The number of rotatable bonds is 5. The summed E-state index contributed by atoms with van der Waals surface area (Å²) in [7, 11) is 1.57. The maximum Gasteiger partial charge on any atom is 0.255 e. The van der Waals surface area contributed by atoms with E-state index in [2.05, 4.69) is 10.6 Å². The fraction of sp³-hybridized carbons (Fsp3) is 0.0952. The van der Waals surface area contributed by atoms with Gasteiger partial charge in [0, 0.05) is 28.7 Å². The molecular formula is C21H18N2O4. The molecule has 0 atom stereocenters. The Bertz CT molecular complexity index is 970. The summed E-state index contributed by atoms with van der Waals surface area (Å²) >= 11 is 0. The van der Waals surface area contributed by atoms with Gasteiger partial charge in [-0.25, -0.2) is 0 Å². The third-order valence-corrected chi connectivity index (χ3v) is 4.14. The van der Waals surface area contributed by atoms with Crippen molar-refractivity contribution in [3.63, 3.8) is 0 Å². The summed E-state index contributed by atoms with van der Waals surface area (Å²) in [4.78, 5) is 12.4. The quantitative estimate of drug-likeness (QED) is 0.703. The van der Waals surface area contributed by atoms with Crippen LogP contribution in [-0.4, -0.2) is 19.8 Å². The molecule has 3 aromatic carbocycles. The van der Waals surface area contributed by atoms with Crippen LogP contribution in [0.1, 0.15) is 10.4 Å². The van der Waals surface area contributed by atoms with Crippen molar-refractivity contribution < 1.29 is 19.0 Å². The largest absolute Gasteiger partial charge is 0.497 e. The Morgan fingerprint density at radius 1 is 0.889 bits per heavy atom. The van der Waals surface area contributed by atoms with Gasteiger partial charge in [-0.15, -0.1) is 0 Å². The molecule has 6 heteroatoms. The zero-order valence-electron chi connectivity index (χ0n) is 14.7. The molecule has 0 aromatic heterocycles. The van der Waals surface area contributed by atoms with Gasteiger partial charge in [-0.05, 0) is 54.6 Å². The zero-order valence-corrected chi connectivity index (χ0v) is 14.7. The molecule has 0 radical (unpaired) electrons. The van der Waals surface area contributed by atoms with Crippen LogP contribution in [0.25, 0.3) is 0 Å². The van der Waals surface area contributed by atoms with Gasteiger partial charge in [0.05, 0.1) is 7.11 Å². The van der Waals surface area contributed by atoms with Crippen LogP contribution in [-0.2, 0) is 0 Å². The normalized spacial score (nSPS) is 11.7. The van der Waals surface area contributed by atoms with Gasteiger partial charge in [-0.1, -0.05) is 6.07 Å². The Kier molecular flexibility index (Phi) is 4.53. The van der Waals surface area contributed by atoms with Crippen LogP contribution in [0.4, 0.5) is 17.1 Å². The highest BCUT2D eigenvalue weighted by Gasteiger charge is 2.13. The van der Waals surface area contributed by atoms with Crippen LogP contribution in [0.3, 0.4) is 0 Å². The van der Waals surface area contributed by atoms with E-state index in [-0.39, 0.29) is 12.7 Å². The number of methoxy groups -OCH3 is 1. The van der Waals surface area contributed by atoms with E-state index in [1.54, 1.807) is 31.4 Å². The molecule has 0 fully saturated rings. The van der Waals surface area contributed by atoms with Gasteiger partial charge in [0.2, 0.25) is 6.79 Å². The molecule has 1 heterocycles. The number of ether oxygens (including phenoxy) is 3. The second kappa shape index (κ2) is 7.29. The van der Waals surface area contributed by atoms with E-state index in [0.717, 1.165) is 22.9 Å². The Hall–Kier alpha value is -3.67. The second-order valence-electron chi connectivity index (χ2n) is 5.96. The molecule has 2 N–H and O–H groups in total. The molecule has 0 saturated carbocycles. The van der Waals surface area contributed by atoms with Crippen LogP contribution in [0.2, 0.25) is 0 Å². The highest BCUT2D eigenvalue weighted by Crippen LogP contribution is 2.35. The summed E-state index contributed by atoms with van der Waals surface area (Å²) in [5.74, 6) is 1.93. The molecule has 1 aliphatic rings. The van der Waals surface area contributed by atoms with Gasteiger partial charge < -0.3 is 24.8 Å². The number of carbonyl (C=O) groups excluding carboxylic acids is 1. The van der Waals surface area contributed by atoms with Crippen molar-refractivity contribution in [3.8, 4) is 17.2 Å². The maximum absolute atomic E-state index is 12.4. The predicted molar refractivity (Wildman–Crippen MR) is 103 cm³/mol. The monoisotopic (exact) mass is 362 g/mol. The van der Waals surface area contributed by atoms with Gasteiger partial charge in [0.1, 0.15) is 5.75 Å². The van der Waals surface area contributed by atoms with Crippen LogP contribution >= 0.6 is 0 Å². The van der Waals surface area contributed by atoms with E-state index in [1.807, 2.05) is 42.5 Å². The molecule has 6 nitrogen and oxygen atoms in total. The van der Waals surface area contributed by atoms with E-state index in [9.17, 15) is 4.79 Å². The summed E-state index contributed by atoms with van der Waals surface area (Å²) in [5.41, 5.74) is 3.04. The molecule has 136 valence electrons. The minimum Gasteiger partial charge on any atom is -0.497 e. The van der Waals surface area contributed by atoms with E-state index >= 15 is 0 Å². The number of nitrogens with one attached hydrogen (secondary N) is 2. The lowest BCUT2D eigenvalue weighted by molar-refractivity contribution is 0.102. The maximum atomic E-state index is 12.4. The van der Waals surface area contributed by atoms with E-state index in [0.29, 0.717) is 17.0 Å². The summed E-state index contributed by atoms with van der Waals surface area (Å²) in [6, 6.07) is 20.2. The van der Waals surface area contributed by atoms with Crippen LogP contribution in [0, 0.1) is 0 Å². The summed E-state index contributed by atoms with van der Waals surface area (Å²) in [5, 5.41) is 6.17. The van der Waals surface area contributed by atoms with Gasteiger partial charge in [0.25, 0.3) is 5.91 Å². The summed E-state index contributed by atoms with van der Waals surface area (Å²) in [6.07, 6.45) is 0. The van der Waals surface area contributed by atoms with Crippen molar-refractivity contribution in [2.75, 3.05) is 24.5 Å². The molecule has 1 aliphatic heterocycles. The number of amides is 1. The molecule has 0 spiro atoms. The average molecular weight is 362 g/mol. The number of anilines is 3. The number of fused-ring (bicyclic) bond motifs is 1. The first-order chi connectivity index (χ1) is 13.2. The standard InChI is InChI=1S/C21H18N2O4/c1-25-18-4-2-3-14(11-18)21(24)23-16-7-5-15(6-8-16)22-17-9-10-19-20(12-17)27-13-26-19/h2-12,22H,13H2,1H3,(H,23,24). The van der Waals surface area contributed by atoms with Crippen molar-refractivity contribution in [3.05, 3.63) is 72.3 Å². The third-order valence-electron chi connectivity index (χ3n) is 4.14. The van der Waals surface area contributed by atoms with Gasteiger partial charge in [-0.2, -0.15) is 0 Å². The molecule has 0 aliphatic carbocycles. The molecule has 1 amide bonds. The van der Waals surface area contributed by atoms with Crippen LogP contribution < -0.4 is 24.8 Å². The molecule has 4 rings (SSSR count). The summed E-state index contributed by atoms with van der Waals surface area (Å²) in [6.45, 7) is 0.250. The number of hydrogen-bond acceptors (Lipinski definition) is 5. The first-order valence-electron chi connectivity index (χ1n) is 8.43. The van der Waals surface area contributed by atoms with Crippen molar-refractivity contribution in [1.29, 1.82) is 0 Å². The van der Waals surface area contributed by atoms with Gasteiger partial charge in [0.15, 0.2) is 11.5 Å². The number of hydrogen-bond donors (Lipinski definition) is 2. The Labute approximate surface area is 156 Å². The van der Waals surface area contributed by atoms with Crippen LogP contribution in [0.5, 0.6) is 17.2 Å². The zero-order chi connectivity index (χ0) is 18.6. The lowest BCUT2D eigenvalue weighted by Gasteiger charge is -2.10. The fourth-order valence-corrected chi connectivity index (χ4v) is 2.75. The smallest absolute Gasteiger partial charge is 0.255 e. The van der Waals surface area contributed by atoms with Crippen LogP contribution in [0.15, 0.2) is 66.7 Å².